The molecule has 0 radical (unpaired) electrons. The van der Waals surface area contributed by atoms with Gasteiger partial charge in [-0.15, -0.1) is 0 Å². The summed E-state index contributed by atoms with van der Waals surface area (Å²) in [6.07, 6.45) is 0. The summed E-state index contributed by atoms with van der Waals surface area (Å²) in [7, 11) is 0. The molecule has 2 aliphatic heterocycles. The van der Waals surface area contributed by atoms with Crippen LogP contribution < -0.4 is 10.6 Å². The van der Waals surface area contributed by atoms with Crippen molar-refractivity contribution in [2.24, 2.45) is 5.92 Å². The van der Waals surface area contributed by atoms with Crippen LogP contribution >= 0.6 is 15.9 Å². The van der Waals surface area contributed by atoms with Gasteiger partial charge in [-0.2, -0.15) is 10.4 Å². The molecule has 4 rings (SSSR count). The van der Waals surface area contributed by atoms with Gasteiger partial charge in [0.1, 0.15) is 11.3 Å². The van der Waals surface area contributed by atoms with E-state index in [1.807, 2.05) is 6.07 Å². The highest BCUT2D eigenvalue weighted by atomic mass is 79.9. The highest BCUT2D eigenvalue weighted by molar-refractivity contribution is 9.10. The number of benzene rings is 1. The number of hydrogen-bond acceptors (Lipinski definition) is 4. The topological polar surface area (TPSA) is 111 Å². The minimum Gasteiger partial charge on any atom is -0.325 e. The van der Waals surface area contributed by atoms with Crippen molar-refractivity contribution < 1.29 is 9.59 Å². The molecule has 1 aromatic heterocycles. The van der Waals surface area contributed by atoms with Crippen LogP contribution in [0, 0.1) is 24.2 Å². The van der Waals surface area contributed by atoms with Gasteiger partial charge in [-0.3, -0.25) is 14.7 Å². The van der Waals surface area contributed by atoms with E-state index in [2.05, 4.69) is 36.8 Å². The van der Waals surface area contributed by atoms with Crippen molar-refractivity contribution in [3.05, 3.63) is 39.5 Å². The Hall–Kier alpha value is -2.66. The second kappa shape index (κ2) is 4.43. The number of carbonyl (C=O) groups is 2. The molecule has 2 atom stereocenters. The standard InChI is InChI=1S/C15H10BrN5O2/c1-6-11-12(21-20-6)19-13(22)9(5-17)15(11)8-4-7(16)2-3-10(8)18-14(15)23/h2-4,9H,1H3,(H,18,23)(H2,19,20,21,22)/t9-,15-/m0/s1. The number of nitriles is 1. The van der Waals surface area contributed by atoms with E-state index in [0.717, 1.165) is 4.47 Å². The number of amides is 2. The van der Waals surface area contributed by atoms with Gasteiger partial charge < -0.3 is 10.6 Å². The first-order valence-corrected chi connectivity index (χ1v) is 7.67. The van der Waals surface area contributed by atoms with Crippen molar-refractivity contribution >= 4 is 39.2 Å². The molecule has 23 heavy (non-hydrogen) atoms. The Balaban J connectivity index is 2.15. The SMILES string of the molecule is Cc1[nH]nc2c1[C@@]1(C(=O)Nc3ccc(Br)cc31)[C@@H](C#N)C(=O)N2. The number of H-pyrrole nitrogens is 1. The number of fused-ring (bicyclic) bond motifs is 4. The number of hydrogen-bond donors (Lipinski definition) is 3. The lowest BCUT2D eigenvalue weighted by Crippen LogP contribution is -2.51. The Labute approximate surface area is 139 Å². The molecule has 0 bridgehead atoms. The first-order chi connectivity index (χ1) is 11.0. The molecule has 1 aromatic carbocycles. The molecular formula is C15H10BrN5O2. The molecule has 3 heterocycles. The van der Waals surface area contributed by atoms with Gasteiger partial charge in [-0.1, -0.05) is 15.9 Å². The largest absolute Gasteiger partial charge is 0.325 e. The molecule has 0 saturated heterocycles. The quantitative estimate of drug-likeness (QED) is 0.655. The maximum atomic E-state index is 12.9. The van der Waals surface area contributed by atoms with E-state index in [0.29, 0.717) is 28.3 Å². The van der Waals surface area contributed by atoms with Crippen LogP contribution in [0.4, 0.5) is 11.5 Å². The number of anilines is 2. The van der Waals surface area contributed by atoms with Crippen molar-refractivity contribution in [1.29, 1.82) is 5.26 Å². The molecule has 8 heteroatoms. The van der Waals surface area contributed by atoms with E-state index in [1.165, 1.54) is 0 Å². The smallest absolute Gasteiger partial charge is 0.244 e. The van der Waals surface area contributed by atoms with Crippen LogP contribution in [0.3, 0.4) is 0 Å². The van der Waals surface area contributed by atoms with Crippen LogP contribution in [-0.2, 0) is 15.0 Å². The van der Waals surface area contributed by atoms with Crippen molar-refractivity contribution in [1.82, 2.24) is 10.2 Å². The lowest BCUT2D eigenvalue weighted by atomic mass is 9.64. The Bertz CT molecular complexity index is 928. The fraction of sp³-hybridized carbons (Fsp3) is 0.200. The van der Waals surface area contributed by atoms with Gasteiger partial charge in [0, 0.05) is 21.4 Å². The summed E-state index contributed by atoms with van der Waals surface area (Å²) in [5.74, 6) is -1.81. The molecule has 0 fully saturated rings. The lowest BCUT2D eigenvalue weighted by molar-refractivity contribution is -0.127. The summed E-state index contributed by atoms with van der Waals surface area (Å²) >= 11 is 3.40. The van der Waals surface area contributed by atoms with E-state index in [4.69, 9.17) is 0 Å². The second-order valence-electron chi connectivity index (χ2n) is 5.58. The molecule has 0 saturated carbocycles. The fourth-order valence-corrected chi connectivity index (χ4v) is 3.88. The molecule has 114 valence electrons. The van der Waals surface area contributed by atoms with E-state index in [9.17, 15) is 14.9 Å². The first kappa shape index (κ1) is 14.0. The normalized spacial score (nSPS) is 24.7. The number of carbonyl (C=O) groups excluding carboxylic acids is 2. The average molecular weight is 372 g/mol. The Morgan fingerprint density at radius 2 is 2.13 bits per heavy atom. The number of aromatic nitrogens is 2. The minimum atomic E-state index is -1.40. The Kier molecular flexibility index (Phi) is 2.69. The summed E-state index contributed by atoms with van der Waals surface area (Å²) in [6.45, 7) is 1.77. The van der Waals surface area contributed by atoms with Crippen LogP contribution in [-0.4, -0.2) is 22.0 Å². The lowest BCUT2D eigenvalue weighted by Gasteiger charge is -2.35. The van der Waals surface area contributed by atoms with Gasteiger partial charge in [0.2, 0.25) is 11.8 Å². The number of rotatable bonds is 0. The predicted octanol–water partition coefficient (Wildman–Crippen LogP) is 1.81. The molecule has 2 aliphatic rings. The van der Waals surface area contributed by atoms with Crippen LogP contribution in [0.25, 0.3) is 0 Å². The maximum absolute atomic E-state index is 12.9. The molecular weight excluding hydrogens is 362 g/mol. The van der Waals surface area contributed by atoms with Crippen LogP contribution in [0.1, 0.15) is 16.8 Å². The van der Waals surface area contributed by atoms with E-state index < -0.39 is 23.1 Å². The summed E-state index contributed by atoms with van der Waals surface area (Å²) in [4.78, 5) is 25.4. The minimum absolute atomic E-state index is 0.293. The van der Waals surface area contributed by atoms with Crippen molar-refractivity contribution in [3.8, 4) is 6.07 Å². The zero-order valence-electron chi connectivity index (χ0n) is 11.9. The van der Waals surface area contributed by atoms with Gasteiger partial charge in [0.15, 0.2) is 5.82 Å². The zero-order chi connectivity index (χ0) is 16.4. The number of nitrogens with zero attached hydrogens (tertiary/aromatic N) is 2. The van der Waals surface area contributed by atoms with E-state index >= 15 is 0 Å². The summed E-state index contributed by atoms with van der Waals surface area (Å²) < 4.78 is 0.762. The van der Waals surface area contributed by atoms with Crippen LogP contribution in [0.15, 0.2) is 22.7 Å². The third kappa shape index (κ3) is 1.55. The van der Waals surface area contributed by atoms with Crippen molar-refractivity contribution in [2.75, 3.05) is 10.6 Å². The molecule has 0 aliphatic carbocycles. The van der Waals surface area contributed by atoms with Gasteiger partial charge in [-0.25, -0.2) is 0 Å². The monoisotopic (exact) mass is 371 g/mol. The molecule has 2 amide bonds. The Morgan fingerprint density at radius 3 is 2.87 bits per heavy atom. The number of nitrogens with one attached hydrogen (secondary N) is 3. The van der Waals surface area contributed by atoms with Gasteiger partial charge in [0.25, 0.3) is 0 Å². The van der Waals surface area contributed by atoms with E-state index in [-0.39, 0.29) is 0 Å². The summed E-state index contributed by atoms with van der Waals surface area (Å²) in [6, 6.07) is 7.32. The highest BCUT2D eigenvalue weighted by Crippen LogP contribution is 2.53. The van der Waals surface area contributed by atoms with Crippen LogP contribution in [0.5, 0.6) is 0 Å². The third-order valence-corrected chi connectivity index (χ3v) is 4.91. The number of aromatic amines is 1. The van der Waals surface area contributed by atoms with Crippen LogP contribution in [0.2, 0.25) is 0 Å². The second-order valence-corrected chi connectivity index (χ2v) is 6.49. The third-order valence-electron chi connectivity index (χ3n) is 4.42. The highest BCUT2D eigenvalue weighted by Gasteiger charge is 2.61. The summed E-state index contributed by atoms with van der Waals surface area (Å²) in [5, 5.41) is 21.9. The van der Waals surface area contributed by atoms with Crippen molar-refractivity contribution in [2.45, 2.75) is 12.3 Å². The molecule has 7 nitrogen and oxygen atoms in total. The summed E-state index contributed by atoms with van der Waals surface area (Å²) in [5.41, 5.74) is 0.979. The predicted molar refractivity (Wildman–Crippen MR) is 84.6 cm³/mol. The first-order valence-electron chi connectivity index (χ1n) is 6.87. The van der Waals surface area contributed by atoms with Crippen molar-refractivity contribution in [3.63, 3.8) is 0 Å². The molecule has 3 N–H and O–H groups in total. The van der Waals surface area contributed by atoms with Gasteiger partial charge >= 0.3 is 0 Å². The number of aryl methyl sites for hydroxylation is 1. The maximum Gasteiger partial charge on any atom is 0.244 e. The molecule has 1 spiro atoms. The number of halogens is 1. The molecule has 2 aromatic rings. The van der Waals surface area contributed by atoms with E-state index in [1.54, 1.807) is 25.1 Å². The fourth-order valence-electron chi connectivity index (χ4n) is 3.52. The van der Waals surface area contributed by atoms with Gasteiger partial charge in [0.05, 0.1) is 6.07 Å². The molecule has 0 unspecified atom stereocenters. The average Bonchev–Trinajstić information content (AvgIpc) is 3.00. The van der Waals surface area contributed by atoms with Gasteiger partial charge in [-0.05, 0) is 30.7 Å². The Morgan fingerprint density at radius 1 is 1.35 bits per heavy atom. The zero-order valence-corrected chi connectivity index (χ0v) is 13.5.